The van der Waals surface area contributed by atoms with E-state index < -0.39 is 6.43 Å². The van der Waals surface area contributed by atoms with E-state index in [1.165, 1.54) is 21.8 Å². The first-order chi connectivity index (χ1) is 10.9. The first kappa shape index (κ1) is 17.3. The fourth-order valence-electron chi connectivity index (χ4n) is 3.93. The van der Waals surface area contributed by atoms with Gasteiger partial charge in [-0.2, -0.15) is 0 Å². The van der Waals surface area contributed by atoms with Crippen LogP contribution in [0.3, 0.4) is 0 Å². The van der Waals surface area contributed by atoms with Crippen LogP contribution in [-0.4, -0.2) is 48.3 Å². The molecular weight excluding hydrogens is 320 g/mol. The summed E-state index contributed by atoms with van der Waals surface area (Å²) in [5, 5.41) is 9.63. The first-order valence-corrected chi connectivity index (χ1v) is 9.17. The summed E-state index contributed by atoms with van der Waals surface area (Å²) in [6.07, 6.45) is -0.236. The summed E-state index contributed by atoms with van der Waals surface area (Å²) in [5.74, 6) is 0. The van der Waals surface area contributed by atoms with Crippen LogP contribution in [0.2, 0.25) is 0 Å². The molecule has 3 atom stereocenters. The maximum Gasteiger partial charge on any atom is 0.243 e. The van der Waals surface area contributed by atoms with Gasteiger partial charge in [0, 0.05) is 35.3 Å². The molecule has 1 saturated heterocycles. The van der Waals surface area contributed by atoms with Gasteiger partial charge < -0.3 is 9.84 Å². The summed E-state index contributed by atoms with van der Waals surface area (Å²) in [6, 6.07) is 2.27. The lowest BCUT2D eigenvalue weighted by molar-refractivity contribution is -0.112. The van der Waals surface area contributed by atoms with E-state index in [4.69, 9.17) is 4.74 Å². The highest BCUT2D eigenvalue weighted by molar-refractivity contribution is 7.12. The Morgan fingerprint density at radius 2 is 2.30 bits per heavy atom. The second-order valence-corrected chi connectivity index (χ2v) is 8.04. The van der Waals surface area contributed by atoms with Crippen molar-refractivity contribution in [3.05, 3.63) is 21.4 Å². The van der Waals surface area contributed by atoms with E-state index in [0.29, 0.717) is 19.2 Å². The highest BCUT2D eigenvalue weighted by Gasteiger charge is 2.44. The van der Waals surface area contributed by atoms with Crippen LogP contribution in [0.25, 0.3) is 0 Å². The van der Waals surface area contributed by atoms with Crippen LogP contribution in [-0.2, 0) is 23.2 Å². The molecule has 1 N–H and O–H groups in total. The van der Waals surface area contributed by atoms with Gasteiger partial charge in [0.2, 0.25) is 6.43 Å². The van der Waals surface area contributed by atoms with Crippen LogP contribution < -0.4 is 0 Å². The van der Waals surface area contributed by atoms with Crippen LogP contribution in [0.4, 0.5) is 8.78 Å². The Hall–Kier alpha value is -0.560. The molecule has 1 aromatic heterocycles. The molecule has 3 rings (SSSR count). The van der Waals surface area contributed by atoms with Gasteiger partial charge in [0.15, 0.2) is 0 Å². The van der Waals surface area contributed by atoms with Gasteiger partial charge in [-0.3, -0.25) is 4.90 Å². The summed E-state index contributed by atoms with van der Waals surface area (Å²) < 4.78 is 31.6. The van der Waals surface area contributed by atoms with E-state index in [9.17, 15) is 13.9 Å². The molecule has 23 heavy (non-hydrogen) atoms. The van der Waals surface area contributed by atoms with Crippen LogP contribution in [0.1, 0.15) is 42.0 Å². The average Bonchev–Trinajstić information content (AvgIpc) is 2.85. The normalized spacial score (nSPS) is 29.9. The number of halogens is 2. The van der Waals surface area contributed by atoms with Gasteiger partial charge in [-0.25, -0.2) is 8.78 Å². The third kappa shape index (κ3) is 3.60. The van der Waals surface area contributed by atoms with Gasteiger partial charge in [-0.05, 0) is 44.7 Å². The number of thiophene rings is 1. The molecule has 0 aromatic carbocycles. The third-order valence-corrected chi connectivity index (χ3v) is 6.31. The number of piperidine rings is 1. The van der Waals surface area contributed by atoms with Crippen LogP contribution in [0.15, 0.2) is 6.07 Å². The lowest BCUT2D eigenvalue weighted by atomic mass is 9.82. The van der Waals surface area contributed by atoms with Gasteiger partial charge in [0.25, 0.3) is 0 Å². The van der Waals surface area contributed by atoms with E-state index in [2.05, 4.69) is 11.8 Å². The predicted molar refractivity (Wildman–Crippen MR) is 87.3 cm³/mol. The Labute approximate surface area is 140 Å². The van der Waals surface area contributed by atoms with Crippen molar-refractivity contribution < 1.29 is 18.6 Å². The number of hydrogen-bond donors (Lipinski definition) is 1. The number of alkyl halides is 2. The van der Waals surface area contributed by atoms with Gasteiger partial charge in [-0.1, -0.05) is 0 Å². The molecule has 1 fully saturated rings. The molecular formula is C17H25F2NO2S. The number of hydrogen-bond acceptors (Lipinski definition) is 4. The smallest absolute Gasteiger partial charge is 0.243 e. The highest BCUT2D eigenvalue weighted by Crippen LogP contribution is 2.47. The van der Waals surface area contributed by atoms with E-state index in [-0.39, 0.29) is 18.1 Å². The molecule has 1 aromatic rings. The number of aliphatic hydroxyl groups excluding tert-OH is 1. The maximum atomic E-state index is 12.7. The van der Waals surface area contributed by atoms with Crippen molar-refractivity contribution in [1.29, 1.82) is 0 Å². The Bertz CT molecular complexity index is 549. The molecule has 6 heteroatoms. The van der Waals surface area contributed by atoms with Gasteiger partial charge >= 0.3 is 0 Å². The van der Waals surface area contributed by atoms with Crippen molar-refractivity contribution in [3.63, 3.8) is 0 Å². The van der Waals surface area contributed by atoms with E-state index >= 15 is 0 Å². The molecule has 0 bridgehead atoms. The minimum Gasteiger partial charge on any atom is -0.392 e. The summed E-state index contributed by atoms with van der Waals surface area (Å²) >= 11 is 1.51. The van der Waals surface area contributed by atoms with Crippen LogP contribution >= 0.6 is 11.3 Å². The first-order valence-electron chi connectivity index (χ1n) is 8.36. The van der Waals surface area contributed by atoms with E-state index in [0.717, 1.165) is 30.7 Å². The Balaban J connectivity index is 1.81. The number of likely N-dealkylation sites (tertiary alicyclic amines) is 1. The molecule has 0 saturated carbocycles. The zero-order chi connectivity index (χ0) is 16.6. The number of nitrogens with zero attached hydrogens (tertiary/aromatic N) is 1. The number of ether oxygens (including phenoxy) is 1. The molecule has 2 aliphatic heterocycles. The van der Waals surface area contributed by atoms with Crippen molar-refractivity contribution in [3.8, 4) is 0 Å². The topological polar surface area (TPSA) is 32.7 Å². The number of fused-ring (bicyclic) bond motifs is 2. The molecule has 3 heterocycles. The summed E-state index contributed by atoms with van der Waals surface area (Å²) in [4.78, 5) is 4.23. The number of β-amino-alcohol motifs (C(OH)–C–C–N with tert-alkyl or cyclic N) is 1. The SMILES string of the molecule is CC(O)CN1CC[C@]2(C[C@@H]1C)OCCc1cc(CC(F)F)sc12. The zero-order valence-corrected chi connectivity index (χ0v) is 14.5. The van der Waals surface area contributed by atoms with Crippen molar-refractivity contribution in [1.82, 2.24) is 4.90 Å². The van der Waals surface area contributed by atoms with Gasteiger partial charge in [0.05, 0.1) is 12.7 Å². The fraction of sp³-hybridized carbons (Fsp3) is 0.765. The average molecular weight is 345 g/mol. The minimum atomic E-state index is -2.29. The number of aliphatic hydroxyl groups is 1. The lowest BCUT2D eigenvalue weighted by Gasteiger charge is -2.47. The maximum absolute atomic E-state index is 12.7. The standard InChI is InChI=1S/C17H25F2NO2S/c1-11-9-17(4-5-20(11)10-12(2)21)16-13(3-6-22-17)7-14(23-16)8-15(18)19/h7,11-12,15,21H,3-6,8-10H2,1-2H3/t11-,12?,17+/m0/s1. The summed E-state index contributed by atoms with van der Waals surface area (Å²) in [7, 11) is 0. The Morgan fingerprint density at radius 1 is 1.52 bits per heavy atom. The van der Waals surface area contributed by atoms with Gasteiger partial charge in [-0.15, -0.1) is 11.3 Å². The molecule has 130 valence electrons. The largest absolute Gasteiger partial charge is 0.392 e. The monoisotopic (exact) mass is 345 g/mol. The molecule has 0 aliphatic carbocycles. The minimum absolute atomic E-state index is 0.155. The third-order valence-electron chi connectivity index (χ3n) is 4.93. The van der Waals surface area contributed by atoms with Crippen molar-refractivity contribution in [2.24, 2.45) is 0 Å². The molecule has 1 unspecified atom stereocenters. The van der Waals surface area contributed by atoms with E-state index in [1.807, 2.05) is 13.0 Å². The van der Waals surface area contributed by atoms with Crippen molar-refractivity contribution >= 4 is 11.3 Å². The summed E-state index contributed by atoms with van der Waals surface area (Å²) in [6.45, 7) is 6.18. The number of rotatable bonds is 4. The second-order valence-electron chi connectivity index (χ2n) is 6.90. The molecule has 3 nitrogen and oxygen atoms in total. The Morgan fingerprint density at radius 3 is 2.96 bits per heavy atom. The van der Waals surface area contributed by atoms with Gasteiger partial charge in [0.1, 0.15) is 5.60 Å². The predicted octanol–water partition coefficient (Wildman–Crippen LogP) is 3.19. The Kier molecular flexibility index (Phi) is 5.06. The van der Waals surface area contributed by atoms with Crippen molar-refractivity contribution in [2.75, 3.05) is 19.7 Å². The zero-order valence-electron chi connectivity index (χ0n) is 13.7. The quantitative estimate of drug-likeness (QED) is 0.910. The van der Waals surface area contributed by atoms with E-state index in [1.54, 1.807) is 0 Å². The highest BCUT2D eigenvalue weighted by atomic mass is 32.1. The lowest BCUT2D eigenvalue weighted by Crippen LogP contribution is -2.51. The van der Waals surface area contributed by atoms with Crippen LogP contribution in [0, 0.1) is 0 Å². The molecule has 1 spiro atoms. The molecule has 2 aliphatic rings. The molecule has 0 radical (unpaired) electrons. The van der Waals surface area contributed by atoms with Crippen molar-refractivity contribution in [2.45, 2.75) is 63.7 Å². The summed E-state index contributed by atoms with van der Waals surface area (Å²) in [5.41, 5.74) is 0.890. The second kappa shape index (κ2) is 6.75. The van der Waals surface area contributed by atoms with Crippen LogP contribution in [0.5, 0.6) is 0 Å². The fourth-order valence-corrected chi connectivity index (χ4v) is 5.33. The molecule has 0 amide bonds.